The minimum absolute atomic E-state index is 0.116. The van der Waals surface area contributed by atoms with E-state index >= 15 is 0 Å². The van der Waals surface area contributed by atoms with Gasteiger partial charge < -0.3 is 0 Å². The molecule has 1 aromatic heterocycles. The molecule has 0 aliphatic carbocycles. The number of hydrogen-bond acceptors (Lipinski definition) is 2. The highest BCUT2D eigenvalue weighted by Gasteiger charge is 2.23. The Morgan fingerprint density at radius 1 is 0.667 bits per heavy atom. The van der Waals surface area contributed by atoms with Crippen LogP contribution in [0.1, 0.15) is 15.9 Å². The Hall–Kier alpha value is -3.66. The third-order valence-corrected chi connectivity index (χ3v) is 7.30. The SMILES string of the molecule is O=C(CSc1cc(-c2ccccc2)cc(-c2ccccc2)[n+]1Cc1ccc(Cl)cc1)c1ccccc1. The lowest BCUT2D eigenvalue weighted by Gasteiger charge is -2.12. The fourth-order valence-electron chi connectivity index (χ4n) is 4.14. The number of benzene rings is 4. The zero-order valence-corrected chi connectivity index (χ0v) is 21.3. The van der Waals surface area contributed by atoms with Crippen LogP contribution >= 0.6 is 23.4 Å². The fourth-order valence-corrected chi connectivity index (χ4v) is 5.24. The Bertz CT molecular complexity index is 1450. The predicted molar refractivity (Wildman–Crippen MR) is 150 cm³/mol. The molecule has 0 saturated carbocycles. The van der Waals surface area contributed by atoms with Crippen LogP contribution in [-0.4, -0.2) is 11.5 Å². The minimum Gasteiger partial charge on any atom is -0.293 e. The van der Waals surface area contributed by atoms with E-state index in [0.717, 1.165) is 43.6 Å². The molecule has 4 aromatic carbocycles. The van der Waals surface area contributed by atoms with E-state index in [1.54, 1.807) is 11.8 Å². The Kier molecular flexibility index (Phi) is 7.61. The topological polar surface area (TPSA) is 20.9 Å². The average molecular weight is 507 g/mol. The number of thioether (sulfide) groups is 1. The van der Waals surface area contributed by atoms with Crippen LogP contribution in [0.15, 0.2) is 132 Å². The van der Waals surface area contributed by atoms with Gasteiger partial charge >= 0.3 is 0 Å². The number of hydrogen-bond donors (Lipinski definition) is 0. The van der Waals surface area contributed by atoms with Crippen molar-refractivity contribution in [2.75, 3.05) is 5.75 Å². The Labute approximate surface area is 221 Å². The molecule has 0 N–H and O–H groups in total. The zero-order valence-electron chi connectivity index (χ0n) is 19.7. The lowest BCUT2D eigenvalue weighted by Crippen LogP contribution is -2.39. The van der Waals surface area contributed by atoms with Gasteiger partial charge in [0.05, 0.1) is 5.75 Å². The van der Waals surface area contributed by atoms with Gasteiger partial charge in [0, 0.05) is 33.8 Å². The molecule has 176 valence electrons. The molecule has 0 aliphatic rings. The second kappa shape index (κ2) is 11.4. The highest BCUT2D eigenvalue weighted by atomic mass is 35.5. The second-order valence-electron chi connectivity index (χ2n) is 8.49. The molecule has 0 spiro atoms. The van der Waals surface area contributed by atoms with Gasteiger partial charge in [-0.15, -0.1) is 0 Å². The number of ketones is 1. The molecule has 0 aliphatic heterocycles. The van der Waals surface area contributed by atoms with Crippen molar-refractivity contribution in [1.29, 1.82) is 0 Å². The smallest absolute Gasteiger partial charge is 0.241 e. The molecule has 0 unspecified atom stereocenters. The molecular formula is C32H25ClNOS+. The number of carbonyl (C=O) groups is 1. The van der Waals surface area contributed by atoms with Crippen molar-refractivity contribution >= 4 is 29.1 Å². The van der Waals surface area contributed by atoms with E-state index < -0.39 is 0 Å². The summed E-state index contributed by atoms with van der Waals surface area (Å²) in [6.07, 6.45) is 0. The summed E-state index contributed by atoms with van der Waals surface area (Å²) >= 11 is 7.73. The van der Waals surface area contributed by atoms with Crippen LogP contribution in [0.5, 0.6) is 0 Å². The van der Waals surface area contributed by atoms with Crippen molar-refractivity contribution in [1.82, 2.24) is 0 Å². The molecule has 0 radical (unpaired) electrons. The van der Waals surface area contributed by atoms with Crippen LogP contribution in [0.2, 0.25) is 5.02 Å². The number of aromatic nitrogens is 1. The van der Waals surface area contributed by atoms with E-state index in [4.69, 9.17) is 11.6 Å². The van der Waals surface area contributed by atoms with Crippen molar-refractivity contribution in [3.63, 3.8) is 0 Å². The molecule has 0 fully saturated rings. The third-order valence-electron chi connectivity index (χ3n) is 6.01. The van der Waals surface area contributed by atoms with Crippen molar-refractivity contribution in [2.45, 2.75) is 11.6 Å². The van der Waals surface area contributed by atoms with Gasteiger partial charge in [0.2, 0.25) is 10.7 Å². The average Bonchev–Trinajstić information content (AvgIpc) is 2.94. The molecule has 1 heterocycles. The summed E-state index contributed by atoms with van der Waals surface area (Å²) in [5.41, 5.74) is 6.37. The first-order chi connectivity index (χ1) is 17.7. The summed E-state index contributed by atoms with van der Waals surface area (Å²) in [5.74, 6) is 0.474. The number of pyridine rings is 1. The minimum atomic E-state index is 0.116. The van der Waals surface area contributed by atoms with Crippen LogP contribution in [0, 0.1) is 0 Å². The third kappa shape index (κ3) is 5.76. The van der Waals surface area contributed by atoms with Gasteiger partial charge in [0.1, 0.15) is 0 Å². The van der Waals surface area contributed by atoms with E-state index in [0.29, 0.717) is 12.3 Å². The number of carbonyl (C=O) groups excluding carboxylic acids is 1. The summed E-state index contributed by atoms with van der Waals surface area (Å²) in [4.78, 5) is 13.0. The zero-order chi connectivity index (χ0) is 24.7. The first kappa shape index (κ1) is 24.1. The van der Waals surface area contributed by atoms with Crippen LogP contribution in [0.3, 0.4) is 0 Å². The Morgan fingerprint density at radius 2 is 1.25 bits per heavy atom. The van der Waals surface area contributed by atoms with Crippen LogP contribution in [0.4, 0.5) is 0 Å². The van der Waals surface area contributed by atoms with E-state index in [1.165, 1.54) is 0 Å². The summed E-state index contributed by atoms with van der Waals surface area (Å²) < 4.78 is 2.30. The lowest BCUT2D eigenvalue weighted by molar-refractivity contribution is -0.714. The molecule has 0 saturated heterocycles. The Balaban J connectivity index is 1.62. The summed E-state index contributed by atoms with van der Waals surface area (Å²) in [7, 11) is 0. The fraction of sp³-hybridized carbons (Fsp3) is 0.0625. The highest BCUT2D eigenvalue weighted by Crippen LogP contribution is 2.29. The second-order valence-corrected chi connectivity index (χ2v) is 9.92. The summed E-state index contributed by atoms with van der Waals surface area (Å²) in [6, 6.07) is 42.7. The molecule has 36 heavy (non-hydrogen) atoms. The maximum atomic E-state index is 13.0. The van der Waals surface area contributed by atoms with Crippen molar-refractivity contribution in [3.8, 4) is 22.4 Å². The van der Waals surface area contributed by atoms with E-state index in [1.807, 2.05) is 54.6 Å². The number of nitrogens with zero attached hydrogens (tertiary/aromatic N) is 1. The predicted octanol–water partition coefficient (Wildman–Crippen LogP) is 7.98. The maximum absolute atomic E-state index is 13.0. The first-order valence-corrected chi connectivity index (χ1v) is 13.2. The normalized spacial score (nSPS) is 10.8. The van der Waals surface area contributed by atoms with E-state index in [9.17, 15) is 4.79 Å². The molecule has 5 rings (SSSR count). The lowest BCUT2D eigenvalue weighted by atomic mass is 10.0. The van der Waals surface area contributed by atoms with Gasteiger partial charge in [-0.1, -0.05) is 103 Å². The van der Waals surface area contributed by atoms with Crippen molar-refractivity contribution in [3.05, 3.63) is 144 Å². The molecular weight excluding hydrogens is 482 g/mol. The molecule has 0 amide bonds. The Morgan fingerprint density at radius 3 is 1.89 bits per heavy atom. The molecule has 2 nitrogen and oxygen atoms in total. The van der Waals surface area contributed by atoms with E-state index in [2.05, 4.69) is 77.4 Å². The van der Waals surface area contributed by atoms with Crippen molar-refractivity contribution < 1.29 is 9.36 Å². The molecule has 0 atom stereocenters. The van der Waals surface area contributed by atoms with Crippen LogP contribution in [-0.2, 0) is 6.54 Å². The van der Waals surface area contributed by atoms with Crippen LogP contribution in [0.25, 0.3) is 22.4 Å². The van der Waals surface area contributed by atoms with Gasteiger partial charge in [-0.3, -0.25) is 4.79 Å². The van der Waals surface area contributed by atoms with Gasteiger partial charge in [0.15, 0.2) is 12.3 Å². The van der Waals surface area contributed by atoms with Gasteiger partial charge in [0.25, 0.3) is 0 Å². The summed E-state index contributed by atoms with van der Waals surface area (Å²) in [5, 5.41) is 1.75. The first-order valence-electron chi connectivity index (χ1n) is 11.8. The number of rotatable bonds is 8. The standard InChI is InChI=1S/C32H25ClNOS/c33-29-18-16-24(17-19-29)22-34-30(26-12-6-2-7-13-26)20-28(25-10-4-1-5-11-25)21-32(34)36-23-31(35)27-14-8-3-9-15-27/h1-21H,22-23H2/q+1. The largest absolute Gasteiger partial charge is 0.293 e. The van der Waals surface area contributed by atoms with Crippen molar-refractivity contribution in [2.24, 2.45) is 0 Å². The quantitative estimate of drug-likeness (QED) is 0.121. The van der Waals surface area contributed by atoms with Gasteiger partial charge in [-0.25, -0.2) is 0 Å². The molecule has 5 aromatic rings. The monoisotopic (exact) mass is 506 g/mol. The van der Waals surface area contributed by atoms with Gasteiger partial charge in [-0.2, -0.15) is 4.57 Å². The molecule has 0 bridgehead atoms. The maximum Gasteiger partial charge on any atom is 0.241 e. The molecule has 4 heteroatoms. The summed E-state index contributed by atoms with van der Waals surface area (Å²) in [6.45, 7) is 0.665. The van der Waals surface area contributed by atoms with Gasteiger partial charge in [-0.05, 0) is 47.2 Å². The highest BCUT2D eigenvalue weighted by molar-refractivity contribution is 7.99. The van der Waals surface area contributed by atoms with E-state index in [-0.39, 0.29) is 5.78 Å². The number of halogens is 1. The number of Topliss-reactive ketones (excluding diaryl/α,β-unsaturated/α-hetero) is 1. The van der Waals surface area contributed by atoms with Crippen LogP contribution < -0.4 is 4.57 Å².